The summed E-state index contributed by atoms with van der Waals surface area (Å²) in [5.74, 6) is -0.742. The summed E-state index contributed by atoms with van der Waals surface area (Å²) in [4.78, 5) is 36.2. The lowest BCUT2D eigenvalue weighted by Crippen LogP contribution is -2.59. The minimum Gasteiger partial charge on any atom is -0.465 e. The highest BCUT2D eigenvalue weighted by atomic mass is 16.3. The molecule has 0 spiro atoms. The van der Waals surface area contributed by atoms with Crippen molar-refractivity contribution in [3.05, 3.63) is 30.2 Å². The Balaban J connectivity index is 2.11. The van der Waals surface area contributed by atoms with Gasteiger partial charge in [-0.15, -0.1) is 0 Å². The van der Waals surface area contributed by atoms with Crippen molar-refractivity contribution < 1.29 is 18.8 Å². The molecule has 2 rings (SSSR count). The van der Waals surface area contributed by atoms with Gasteiger partial charge in [-0.25, -0.2) is 0 Å². The van der Waals surface area contributed by atoms with Crippen LogP contribution in [0.5, 0.6) is 0 Å². The van der Waals surface area contributed by atoms with Crippen LogP contribution in [-0.4, -0.2) is 35.2 Å². The van der Waals surface area contributed by atoms with Gasteiger partial charge in [0.15, 0.2) is 0 Å². The number of piperazine rings is 1. The largest absolute Gasteiger partial charge is 0.465 e. The monoisotopic (exact) mass is 262 g/mol. The predicted octanol–water partition coefficient (Wildman–Crippen LogP) is 0.556. The number of hydrogen-bond donors (Lipinski definition) is 1. The van der Waals surface area contributed by atoms with Crippen molar-refractivity contribution >= 4 is 23.8 Å². The Labute approximate surface area is 110 Å². The van der Waals surface area contributed by atoms with Crippen molar-refractivity contribution in [3.8, 4) is 0 Å². The topological polar surface area (TPSA) is 79.6 Å². The number of nitrogens with one attached hydrogen (secondary N) is 1. The van der Waals surface area contributed by atoms with Crippen molar-refractivity contribution in [2.24, 2.45) is 0 Å². The predicted molar refractivity (Wildman–Crippen MR) is 66.7 cm³/mol. The van der Waals surface area contributed by atoms with E-state index in [2.05, 4.69) is 5.32 Å². The molecule has 1 atom stereocenters. The Hall–Kier alpha value is -2.37. The van der Waals surface area contributed by atoms with Crippen LogP contribution in [0, 0.1) is 0 Å². The molecule has 0 saturated carbocycles. The smallest absolute Gasteiger partial charge is 0.249 e. The highest BCUT2D eigenvalue weighted by Gasteiger charge is 2.34. The molecule has 1 aliphatic heterocycles. The molecular weight excluding hydrogens is 248 g/mol. The molecule has 3 amide bonds. The van der Waals surface area contributed by atoms with Gasteiger partial charge in [0, 0.05) is 6.08 Å². The SMILES string of the molecule is CCC1C(=O)NC(=O)CN1C(=O)C=Cc1ccco1. The summed E-state index contributed by atoms with van der Waals surface area (Å²) in [6, 6.07) is 2.80. The number of imide groups is 1. The second kappa shape index (κ2) is 5.51. The molecule has 1 aromatic rings. The average molecular weight is 262 g/mol. The van der Waals surface area contributed by atoms with E-state index in [1.54, 1.807) is 19.1 Å². The Kier molecular flexibility index (Phi) is 3.79. The fourth-order valence-corrected chi connectivity index (χ4v) is 1.94. The first-order valence-corrected chi connectivity index (χ1v) is 5.97. The summed E-state index contributed by atoms with van der Waals surface area (Å²) >= 11 is 0. The van der Waals surface area contributed by atoms with Crippen LogP contribution in [0.1, 0.15) is 19.1 Å². The molecule has 1 aliphatic rings. The van der Waals surface area contributed by atoms with E-state index >= 15 is 0 Å². The Morgan fingerprint density at radius 1 is 1.58 bits per heavy atom. The maximum absolute atomic E-state index is 12.0. The van der Waals surface area contributed by atoms with E-state index in [4.69, 9.17) is 4.42 Å². The third-order valence-corrected chi connectivity index (χ3v) is 2.86. The van der Waals surface area contributed by atoms with Gasteiger partial charge in [-0.2, -0.15) is 0 Å². The maximum atomic E-state index is 12.0. The first kappa shape index (κ1) is 13.1. The average Bonchev–Trinajstić information content (AvgIpc) is 2.88. The fraction of sp³-hybridized carbons (Fsp3) is 0.308. The summed E-state index contributed by atoms with van der Waals surface area (Å²) in [5, 5.41) is 2.22. The zero-order valence-electron chi connectivity index (χ0n) is 10.5. The van der Waals surface area contributed by atoms with Crippen LogP contribution in [0.2, 0.25) is 0 Å². The van der Waals surface area contributed by atoms with Gasteiger partial charge in [-0.05, 0) is 24.6 Å². The van der Waals surface area contributed by atoms with Gasteiger partial charge < -0.3 is 9.32 Å². The minimum absolute atomic E-state index is 0.106. The highest BCUT2D eigenvalue weighted by Crippen LogP contribution is 2.11. The molecule has 2 heterocycles. The lowest BCUT2D eigenvalue weighted by molar-refractivity contribution is -0.147. The van der Waals surface area contributed by atoms with Crippen LogP contribution in [0.25, 0.3) is 6.08 Å². The van der Waals surface area contributed by atoms with Gasteiger partial charge >= 0.3 is 0 Å². The summed E-state index contributed by atoms with van der Waals surface area (Å²) in [7, 11) is 0. The van der Waals surface area contributed by atoms with Crippen LogP contribution in [0.4, 0.5) is 0 Å². The molecule has 6 heteroatoms. The Morgan fingerprint density at radius 3 is 3.00 bits per heavy atom. The van der Waals surface area contributed by atoms with Crippen molar-refractivity contribution in [1.82, 2.24) is 10.2 Å². The zero-order valence-corrected chi connectivity index (χ0v) is 10.5. The third-order valence-electron chi connectivity index (χ3n) is 2.86. The lowest BCUT2D eigenvalue weighted by atomic mass is 10.1. The molecular formula is C13H14N2O4. The van der Waals surface area contributed by atoms with E-state index in [0.29, 0.717) is 12.2 Å². The van der Waals surface area contributed by atoms with Crippen LogP contribution in [0.3, 0.4) is 0 Å². The minimum atomic E-state index is -0.605. The second-order valence-electron chi connectivity index (χ2n) is 4.15. The van der Waals surface area contributed by atoms with Crippen LogP contribution < -0.4 is 5.32 Å². The third kappa shape index (κ3) is 2.90. The van der Waals surface area contributed by atoms with Crippen LogP contribution in [0.15, 0.2) is 28.9 Å². The van der Waals surface area contributed by atoms with Gasteiger partial charge in [-0.3, -0.25) is 19.7 Å². The van der Waals surface area contributed by atoms with Gasteiger partial charge in [-0.1, -0.05) is 6.92 Å². The van der Waals surface area contributed by atoms with Crippen LogP contribution >= 0.6 is 0 Å². The number of rotatable bonds is 3. The number of carbonyl (C=O) groups excluding carboxylic acids is 3. The molecule has 6 nitrogen and oxygen atoms in total. The summed E-state index contributed by atoms with van der Waals surface area (Å²) in [5.41, 5.74) is 0. The summed E-state index contributed by atoms with van der Waals surface area (Å²) in [6.45, 7) is 1.68. The number of amides is 3. The van der Waals surface area contributed by atoms with E-state index in [1.165, 1.54) is 23.3 Å². The lowest BCUT2D eigenvalue weighted by Gasteiger charge is -2.32. The number of nitrogens with zero attached hydrogens (tertiary/aromatic N) is 1. The molecule has 19 heavy (non-hydrogen) atoms. The zero-order chi connectivity index (χ0) is 13.8. The molecule has 0 radical (unpaired) electrons. The Morgan fingerprint density at radius 2 is 2.37 bits per heavy atom. The maximum Gasteiger partial charge on any atom is 0.249 e. The van der Waals surface area contributed by atoms with Crippen molar-refractivity contribution in [1.29, 1.82) is 0 Å². The molecule has 100 valence electrons. The van der Waals surface area contributed by atoms with Gasteiger partial charge in [0.05, 0.1) is 6.26 Å². The van der Waals surface area contributed by atoms with E-state index in [-0.39, 0.29) is 12.5 Å². The van der Waals surface area contributed by atoms with E-state index < -0.39 is 17.9 Å². The number of hydrogen-bond acceptors (Lipinski definition) is 4. The number of carbonyl (C=O) groups is 3. The molecule has 1 aromatic heterocycles. The normalized spacial score (nSPS) is 19.8. The standard InChI is InChI=1S/C13H14N2O4/c1-2-10-13(18)14-11(16)8-15(10)12(17)6-5-9-4-3-7-19-9/h3-7,10H,2,8H2,1H3,(H,14,16,18). The first-order chi connectivity index (χ1) is 9.11. The molecule has 0 aromatic carbocycles. The second-order valence-corrected chi connectivity index (χ2v) is 4.15. The quantitative estimate of drug-likeness (QED) is 0.637. The first-order valence-electron chi connectivity index (χ1n) is 5.97. The highest BCUT2D eigenvalue weighted by molar-refractivity contribution is 6.06. The van der Waals surface area contributed by atoms with Crippen molar-refractivity contribution in [2.45, 2.75) is 19.4 Å². The van der Waals surface area contributed by atoms with Gasteiger partial charge in [0.1, 0.15) is 18.3 Å². The fourth-order valence-electron chi connectivity index (χ4n) is 1.94. The molecule has 1 N–H and O–H groups in total. The summed E-state index contributed by atoms with van der Waals surface area (Å²) < 4.78 is 5.06. The Bertz CT molecular complexity index is 519. The number of furan rings is 1. The molecule has 0 aliphatic carbocycles. The molecule has 1 unspecified atom stereocenters. The van der Waals surface area contributed by atoms with E-state index in [9.17, 15) is 14.4 Å². The molecule has 0 bridgehead atoms. The van der Waals surface area contributed by atoms with Crippen molar-refractivity contribution in [2.75, 3.05) is 6.54 Å². The van der Waals surface area contributed by atoms with Crippen LogP contribution in [-0.2, 0) is 14.4 Å². The van der Waals surface area contributed by atoms with Crippen molar-refractivity contribution in [3.63, 3.8) is 0 Å². The van der Waals surface area contributed by atoms with E-state index in [0.717, 1.165) is 0 Å². The molecule has 1 saturated heterocycles. The van der Waals surface area contributed by atoms with Gasteiger partial charge in [0.2, 0.25) is 17.7 Å². The molecule has 1 fully saturated rings. The summed E-state index contributed by atoms with van der Waals surface area (Å²) in [6.07, 6.45) is 4.76. The van der Waals surface area contributed by atoms with Gasteiger partial charge in [0.25, 0.3) is 0 Å². The van der Waals surface area contributed by atoms with E-state index in [1.807, 2.05) is 0 Å².